The van der Waals surface area contributed by atoms with Gasteiger partial charge in [0.25, 0.3) is 5.69 Å². The fourth-order valence-corrected chi connectivity index (χ4v) is 1.46. The Balaban J connectivity index is 3.44. The molecule has 0 aromatic heterocycles. The van der Waals surface area contributed by atoms with Crippen LogP contribution in [0.3, 0.4) is 0 Å². The first kappa shape index (κ1) is 12.6. The summed E-state index contributed by atoms with van der Waals surface area (Å²) >= 11 is 0. The minimum absolute atomic E-state index is 0.00810. The van der Waals surface area contributed by atoms with E-state index >= 15 is 0 Å². The first-order valence-corrected chi connectivity index (χ1v) is 4.63. The maximum absolute atomic E-state index is 10.9. The van der Waals surface area contributed by atoms with Crippen molar-refractivity contribution in [2.45, 2.75) is 13.8 Å². The van der Waals surface area contributed by atoms with E-state index in [1.807, 2.05) is 0 Å². The number of carboxylic acids is 1. The van der Waals surface area contributed by atoms with Crippen LogP contribution in [0, 0.1) is 17.0 Å². The summed E-state index contributed by atoms with van der Waals surface area (Å²) < 4.78 is 0. The SMILES string of the molecule is CC(=O)Nc1ccc(C(=O)O)c(C)c1[N+](=O)[O-]. The van der Waals surface area contributed by atoms with Gasteiger partial charge in [0.15, 0.2) is 0 Å². The molecule has 0 aliphatic rings. The van der Waals surface area contributed by atoms with Gasteiger partial charge in [-0.1, -0.05) is 0 Å². The molecular weight excluding hydrogens is 228 g/mol. The third-order valence-electron chi connectivity index (χ3n) is 2.15. The van der Waals surface area contributed by atoms with Crippen LogP contribution in [0.5, 0.6) is 0 Å². The highest BCUT2D eigenvalue weighted by Gasteiger charge is 2.23. The van der Waals surface area contributed by atoms with Crippen LogP contribution in [0.2, 0.25) is 0 Å². The maximum atomic E-state index is 10.9. The van der Waals surface area contributed by atoms with E-state index < -0.39 is 22.5 Å². The number of nitro groups is 1. The molecule has 7 nitrogen and oxygen atoms in total. The van der Waals surface area contributed by atoms with Crippen LogP contribution in [-0.4, -0.2) is 21.9 Å². The fourth-order valence-electron chi connectivity index (χ4n) is 1.46. The second-order valence-electron chi connectivity index (χ2n) is 3.38. The zero-order valence-corrected chi connectivity index (χ0v) is 9.18. The molecule has 0 spiro atoms. The van der Waals surface area contributed by atoms with E-state index in [4.69, 9.17) is 5.11 Å². The molecule has 1 rings (SSSR count). The van der Waals surface area contributed by atoms with Crippen LogP contribution in [0.1, 0.15) is 22.8 Å². The predicted molar refractivity (Wildman–Crippen MR) is 59.1 cm³/mol. The molecule has 0 bridgehead atoms. The van der Waals surface area contributed by atoms with E-state index in [1.165, 1.54) is 26.0 Å². The fraction of sp³-hybridized carbons (Fsp3) is 0.200. The molecule has 0 atom stereocenters. The van der Waals surface area contributed by atoms with Gasteiger partial charge in [-0.05, 0) is 19.1 Å². The van der Waals surface area contributed by atoms with Gasteiger partial charge in [-0.15, -0.1) is 0 Å². The van der Waals surface area contributed by atoms with Crippen molar-refractivity contribution in [2.75, 3.05) is 5.32 Å². The number of carbonyl (C=O) groups excluding carboxylic acids is 1. The standard InChI is InChI=1S/C10H10N2O5/c1-5-7(10(14)15)3-4-8(11-6(2)13)9(5)12(16)17/h3-4H,1-2H3,(H,11,13)(H,14,15). The zero-order valence-electron chi connectivity index (χ0n) is 9.18. The Morgan fingerprint density at radius 2 is 2.00 bits per heavy atom. The molecule has 0 aliphatic heterocycles. The normalized spacial score (nSPS) is 9.76. The first-order valence-electron chi connectivity index (χ1n) is 4.63. The van der Waals surface area contributed by atoms with Crippen molar-refractivity contribution >= 4 is 23.3 Å². The largest absolute Gasteiger partial charge is 0.478 e. The van der Waals surface area contributed by atoms with Crippen LogP contribution < -0.4 is 5.32 Å². The minimum atomic E-state index is -1.25. The quantitative estimate of drug-likeness (QED) is 0.613. The molecule has 1 amide bonds. The van der Waals surface area contributed by atoms with Gasteiger partial charge < -0.3 is 10.4 Å². The molecular formula is C10H10N2O5. The number of nitrogens with one attached hydrogen (secondary N) is 1. The highest BCUT2D eigenvalue weighted by Crippen LogP contribution is 2.30. The number of nitrogens with zero attached hydrogens (tertiary/aromatic N) is 1. The van der Waals surface area contributed by atoms with Gasteiger partial charge in [-0.2, -0.15) is 0 Å². The number of aromatic carboxylic acids is 1. The van der Waals surface area contributed by atoms with E-state index in [9.17, 15) is 19.7 Å². The predicted octanol–water partition coefficient (Wildman–Crippen LogP) is 1.56. The summed E-state index contributed by atoms with van der Waals surface area (Å²) in [7, 11) is 0. The smallest absolute Gasteiger partial charge is 0.336 e. The Morgan fingerprint density at radius 1 is 1.41 bits per heavy atom. The molecule has 90 valence electrons. The summed E-state index contributed by atoms with van der Waals surface area (Å²) in [6.07, 6.45) is 0. The maximum Gasteiger partial charge on any atom is 0.336 e. The van der Waals surface area contributed by atoms with E-state index in [0.29, 0.717) is 0 Å². The Labute approximate surface area is 96.2 Å². The second kappa shape index (κ2) is 4.60. The van der Waals surface area contributed by atoms with Gasteiger partial charge in [-0.25, -0.2) is 4.79 Å². The molecule has 1 aromatic carbocycles. The number of carboxylic acid groups (broad SMARTS) is 1. The average molecular weight is 238 g/mol. The molecule has 0 fully saturated rings. The number of nitro benzene ring substituents is 1. The first-order chi connectivity index (χ1) is 7.84. The molecule has 0 radical (unpaired) electrons. The Hall–Kier alpha value is -2.44. The van der Waals surface area contributed by atoms with Crippen molar-refractivity contribution in [1.29, 1.82) is 0 Å². The number of hydrogen-bond donors (Lipinski definition) is 2. The third kappa shape index (κ3) is 2.57. The average Bonchev–Trinajstić information content (AvgIpc) is 2.15. The summed E-state index contributed by atoms with van der Waals surface area (Å²) in [5.74, 6) is -1.71. The van der Waals surface area contributed by atoms with Crippen molar-refractivity contribution in [3.8, 4) is 0 Å². The number of benzene rings is 1. The molecule has 0 saturated carbocycles. The number of amides is 1. The molecule has 0 saturated heterocycles. The van der Waals surface area contributed by atoms with E-state index in [1.54, 1.807) is 0 Å². The van der Waals surface area contributed by atoms with Gasteiger partial charge >= 0.3 is 5.97 Å². The highest BCUT2D eigenvalue weighted by molar-refractivity contribution is 5.96. The summed E-state index contributed by atoms with van der Waals surface area (Å²) in [6, 6.07) is 2.42. The van der Waals surface area contributed by atoms with E-state index in [-0.39, 0.29) is 16.8 Å². The molecule has 0 unspecified atom stereocenters. The van der Waals surface area contributed by atoms with Crippen LogP contribution in [-0.2, 0) is 4.79 Å². The van der Waals surface area contributed by atoms with Gasteiger partial charge in [0.2, 0.25) is 5.91 Å². The molecule has 7 heteroatoms. The van der Waals surface area contributed by atoms with Crippen LogP contribution in [0.15, 0.2) is 12.1 Å². The summed E-state index contributed by atoms with van der Waals surface area (Å²) in [4.78, 5) is 31.8. The molecule has 1 aromatic rings. The molecule has 2 N–H and O–H groups in total. The van der Waals surface area contributed by atoms with Gasteiger partial charge in [0, 0.05) is 12.5 Å². The highest BCUT2D eigenvalue weighted by atomic mass is 16.6. The lowest BCUT2D eigenvalue weighted by Crippen LogP contribution is -2.11. The van der Waals surface area contributed by atoms with E-state index in [2.05, 4.69) is 5.32 Å². The van der Waals surface area contributed by atoms with Gasteiger partial charge in [-0.3, -0.25) is 14.9 Å². The van der Waals surface area contributed by atoms with Crippen molar-refractivity contribution in [3.05, 3.63) is 33.4 Å². The van der Waals surface area contributed by atoms with Crippen molar-refractivity contribution in [1.82, 2.24) is 0 Å². The lowest BCUT2D eigenvalue weighted by molar-refractivity contribution is -0.384. The summed E-state index contributed by atoms with van der Waals surface area (Å²) in [6.45, 7) is 2.54. The monoisotopic (exact) mass is 238 g/mol. The van der Waals surface area contributed by atoms with Gasteiger partial charge in [0.05, 0.1) is 10.5 Å². The van der Waals surface area contributed by atoms with Crippen molar-refractivity contribution < 1.29 is 19.6 Å². The van der Waals surface area contributed by atoms with Crippen molar-refractivity contribution in [2.24, 2.45) is 0 Å². The van der Waals surface area contributed by atoms with Gasteiger partial charge in [0.1, 0.15) is 5.69 Å². The number of anilines is 1. The van der Waals surface area contributed by atoms with Crippen LogP contribution >= 0.6 is 0 Å². The number of hydrogen-bond acceptors (Lipinski definition) is 4. The molecule has 17 heavy (non-hydrogen) atoms. The minimum Gasteiger partial charge on any atom is -0.478 e. The third-order valence-corrected chi connectivity index (χ3v) is 2.15. The van der Waals surface area contributed by atoms with Crippen molar-refractivity contribution in [3.63, 3.8) is 0 Å². The Bertz CT molecular complexity index is 510. The summed E-state index contributed by atoms with van der Waals surface area (Å²) in [5.41, 5.74) is -0.565. The topological polar surface area (TPSA) is 110 Å². The number of rotatable bonds is 3. The zero-order chi connectivity index (χ0) is 13.2. The summed E-state index contributed by atoms with van der Waals surface area (Å²) in [5, 5.41) is 22.0. The van der Waals surface area contributed by atoms with E-state index in [0.717, 1.165) is 0 Å². The molecule has 0 heterocycles. The second-order valence-corrected chi connectivity index (χ2v) is 3.38. The lowest BCUT2D eigenvalue weighted by atomic mass is 10.1. The van der Waals surface area contributed by atoms with Crippen LogP contribution in [0.25, 0.3) is 0 Å². The van der Waals surface area contributed by atoms with Crippen LogP contribution in [0.4, 0.5) is 11.4 Å². The number of carbonyl (C=O) groups is 2. The Kier molecular flexibility index (Phi) is 3.42. The molecule has 0 aliphatic carbocycles. The Morgan fingerprint density at radius 3 is 2.41 bits per heavy atom. The lowest BCUT2D eigenvalue weighted by Gasteiger charge is -2.07.